The quantitative estimate of drug-likeness (QED) is 0.738. The third kappa shape index (κ3) is 1.70. The standard InChI is InChI=1S/C18H28O2/c1-16(2)13-7-11-18(12-19)9-5-4-6-14(18)17(13,3)10-8-15(16)20/h6,13,19H,4-5,7-12H2,1-3H3/t13?,17-,18-/m0/s1. The molecule has 1 N–H and O–H groups in total. The van der Waals surface area contributed by atoms with Crippen LogP contribution in [0.25, 0.3) is 0 Å². The Hall–Kier alpha value is -0.630. The maximum Gasteiger partial charge on any atom is 0.138 e. The fraction of sp³-hybridized carbons (Fsp3) is 0.833. The van der Waals surface area contributed by atoms with E-state index in [0.717, 1.165) is 32.1 Å². The van der Waals surface area contributed by atoms with Crippen LogP contribution in [0.1, 0.15) is 65.7 Å². The maximum atomic E-state index is 12.4. The molecule has 0 saturated heterocycles. The number of ketones is 1. The monoisotopic (exact) mass is 276 g/mol. The highest BCUT2D eigenvalue weighted by Crippen LogP contribution is 2.65. The van der Waals surface area contributed by atoms with Crippen LogP contribution >= 0.6 is 0 Å². The first kappa shape index (κ1) is 14.3. The van der Waals surface area contributed by atoms with Gasteiger partial charge in [0.2, 0.25) is 0 Å². The highest BCUT2D eigenvalue weighted by atomic mass is 16.3. The van der Waals surface area contributed by atoms with Gasteiger partial charge < -0.3 is 5.11 Å². The molecule has 0 bridgehead atoms. The zero-order valence-electron chi connectivity index (χ0n) is 13.2. The molecule has 0 radical (unpaired) electrons. The second-order valence-corrected chi connectivity index (χ2v) is 8.10. The van der Waals surface area contributed by atoms with Crippen LogP contribution in [0.3, 0.4) is 0 Å². The largest absolute Gasteiger partial charge is 0.395 e. The Morgan fingerprint density at radius 2 is 2.00 bits per heavy atom. The summed E-state index contributed by atoms with van der Waals surface area (Å²) in [7, 11) is 0. The molecule has 3 aliphatic rings. The summed E-state index contributed by atoms with van der Waals surface area (Å²) in [5.41, 5.74) is 1.45. The number of hydrogen-bond donors (Lipinski definition) is 1. The smallest absolute Gasteiger partial charge is 0.138 e. The molecule has 2 heteroatoms. The Morgan fingerprint density at radius 3 is 2.70 bits per heavy atom. The summed E-state index contributed by atoms with van der Waals surface area (Å²) >= 11 is 0. The van der Waals surface area contributed by atoms with Gasteiger partial charge in [-0.2, -0.15) is 0 Å². The average molecular weight is 276 g/mol. The van der Waals surface area contributed by atoms with Gasteiger partial charge in [-0.15, -0.1) is 0 Å². The minimum Gasteiger partial charge on any atom is -0.395 e. The van der Waals surface area contributed by atoms with Crippen molar-refractivity contribution in [2.24, 2.45) is 22.2 Å². The lowest BCUT2D eigenvalue weighted by molar-refractivity contribution is -0.142. The first-order valence-electron chi connectivity index (χ1n) is 8.22. The van der Waals surface area contributed by atoms with Gasteiger partial charge >= 0.3 is 0 Å². The molecule has 3 atom stereocenters. The predicted molar refractivity (Wildman–Crippen MR) is 80.3 cm³/mol. The number of fused-ring (bicyclic) bond motifs is 3. The van der Waals surface area contributed by atoms with Gasteiger partial charge in [-0.3, -0.25) is 4.79 Å². The fourth-order valence-electron chi connectivity index (χ4n) is 5.66. The molecule has 112 valence electrons. The molecule has 3 aliphatic carbocycles. The molecule has 2 nitrogen and oxygen atoms in total. The van der Waals surface area contributed by atoms with Gasteiger partial charge in [0, 0.05) is 17.3 Å². The normalized spacial score (nSPS) is 43.5. The zero-order valence-corrected chi connectivity index (χ0v) is 13.2. The maximum absolute atomic E-state index is 12.4. The zero-order chi connectivity index (χ0) is 14.6. The molecule has 0 aromatic carbocycles. The van der Waals surface area contributed by atoms with Crippen LogP contribution in [-0.2, 0) is 4.79 Å². The summed E-state index contributed by atoms with van der Waals surface area (Å²) in [4.78, 5) is 12.4. The molecule has 0 heterocycles. The summed E-state index contributed by atoms with van der Waals surface area (Å²) < 4.78 is 0. The van der Waals surface area contributed by atoms with Crippen molar-refractivity contribution in [2.45, 2.75) is 65.7 Å². The summed E-state index contributed by atoms with van der Waals surface area (Å²) in [6, 6.07) is 0. The molecule has 0 aliphatic heterocycles. The molecular formula is C18H28O2. The second kappa shape index (κ2) is 4.43. The van der Waals surface area contributed by atoms with E-state index in [9.17, 15) is 9.90 Å². The second-order valence-electron chi connectivity index (χ2n) is 8.10. The van der Waals surface area contributed by atoms with Crippen LogP contribution < -0.4 is 0 Å². The number of carbonyl (C=O) groups is 1. The van der Waals surface area contributed by atoms with Crippen LogP contribution in [0.4, 0.5) is 0 Å². The Bertz CT molecular complexity index is 462. The van der Waals surface area contributed by atoms with Crippen molar-refractivity contribution in [3.05, 3.63) is 11.6 Å². The van der Waals surface area contributed by atoms with Crippen LogP contribution in [0.5, 0.6) is 0 Å². The van der Waals surface area contributed by atoms with E-state index in [2.05, 4.69) is 26.8 Å². The van der Waals surface area contributed by atoms with E-state index < -0.39 is 0 Å². The Labute approximate surface area is 122 Å². The number of carbonyl (C=O) groups excluding carboxylic acids is 1. The lowest BCUT2D eigenvalue weighted by Crippen LogP contribution is -2.55. The molecule has 2 saturated carbocycles. The SMILES string of the molecule is CC1(C)C(=O)CC[C@]2(C)C3=CCCC[C@@]3(CO)CCC12. The predicted octanol–water partition coefficient (Wildman–Crippen LogP) is 3.88. The highest BCUT2D eigenvalue weighted by molar-refractivity contribution is 5.85. The summed E-state index contributed by atoms with van der Waals surface area (Å²) in [5.74, 6) is 0.883. The minimum atomic E-state index is -0.201. The van der Waals surface area contributed by atoms with Crippen molar-refractivity contribution in [1.82, 2.24) is 0 Å². The molecule has 1 unspecified atom stereocenters. The van der Waals surface area contributed by atoms with Crippen LogP contribution in [-0.4, -0.2) is 17.5 Å². The molecule has 0 spiro atoms. The summed E-state index contributed by atoms with van der Waals surface area (Å²) in [5, 5.41) is 10.1. The van der Waals surface area contributed by atoms with Gasteiger partial charge in [-0.1, -0.05) is 32.4 Å². The Balaban J connectivity index is 2.07. The number of aliphatic hydroxyl groups is 1. The van der Waals surface area contributed by atoms with Crippen molar-refractivity contribution in [3.63, 3.8) is 0 Å². The third-order valence-electron chi connectivity index (χ3n) is 6.84. The van der Waals surface area contributed by atoms with E-state index >= 15 is 0 Å². The van der Waals surface area contributed by atoms with Crippen molar-refractivity contribution in [2.75, 3.05) is 6.61 Å². The van der Waals surface area contributed by atoms with Gasteiger partial charge in [-0.05, 0) is 49.9 Å². The highest BCUT2D eigenvalue weighted by Gasteiger charge is 2.59. The van der Waals surface area contributed by atoms with Gasteiger partial charge in [0.1, 0.15) is 5.78 Å². The third-order valence-corrected chi connectivity index (χ3v) is 6.84. The van der Waals surface area contributed by atoms with E-state index in [1.165, 1.54) is 12.0 Å². The number of aliphatic hydroxyl groups excluding tert-OH is 1. The molecular weight excluding hydrogens is 248 g/mol. The van der Waals surface area contributed by atoms with Crippen LogP contribution in [0, 0.1) is 22.2 Å². The molecule has 0 amide bonds. The van der Waals surface area contributed by atoms with Crippen molar-refractivity contribution < 1.29 is 9.90 Å². The lowest BCUT2D eigenvalue weighted by atomic mass is 9.44. The van der Waals surface area contributed by atoms with Crippen LogP contribution in [0.2, 0.25) is 0 Å². The molecule has 0 aromatic rings. The van der Waals surface area contributed by atoms with Gasteiger partial charge in [-0.25, -0.2) is 0 Å². The van der Waals surface area contributed by atoms with Gasteiger partial charge in [0.15, 0.2) is 0 Å². The van der Waals surface area contributed by atoms with Crippen molar-refractivity contribution in [1.29, 1.82) is 0 Å². The van der Waals surface area contributed by atoms with Crippen molar-refractivity contribution >= 4 is 5.78 Å². The molecule has 3 rings (SSSR count). The minimum absolute atomic E-state index is 0.0277. The average Bonchev–Trinajstić information content (AvgIpc) is 2.43. The van der Waals surface area contributed by atoms with E-state index in [4.69, 9.17) is 0 Å². The number of hydrogen-bond acceptors (Lipinski definition) is 2. The van der Waals surface area contributed by atoms with E-state index in [1.807, 2.05) is 0 Å². The topological polar surface area (TPSA) is 37.3 Å². The number of allylic oxidation sites excluding steroid dienone is 1. The van der Waals surface area contributed by atoms with Gasteiger partial charge in [0.25, 0.3) is 0 Å². The van der Waals surface area contributed by atoms with E-state index in [0.29, 0.717) is 18.1 Å². The van der Waals surface area contributed by atoms with E-state index in [1.54, 1.807) is 0 Å². The molecule has 2 fully saturated rings. The van der Waals surface area contributed by atoms with E-state index in [-0.39, 0.29) is 22.9 Å². The molecule has 0 aromatic heterocycles. The Kier molecular flexibility index (Phi) is 3.17. The first-order valence-corrected chi connectivity index (χ1v) is 8.22. The number of rotatable bonds is 1. The summed E-state index contributed by atoms with van der Waals surface area (Å²) in [6.45, 7) is 6.95. The summed E-state index contributed by atoms with van der Waals surface area (Å²) in [6.07, 6.45) is 9.73. The van der Waals surface area contributed by atoms with Crippen LogP contribution in [0.15, 0.2) is 11.6 Å². The molecule has 20 heavy (non-hydrogen) atoms. The Morgan fingerprint density at radius 1 is 1.25 bits per heavy atom. The van der Waals surface area contributed by atoms with Gasteiger partial charge in [0.05, 0.1) is 6.61 Å². The van der Waals surface area contributed by atoms with Crippen molar-refractivity contribution in [3.8, 4) is 0 Å². The first-order chi connectivity index (χ1) is 9.37. The fourth-order valence-corrected chi connectivity index (χ4v) is 5.66. The lowest BCUT2D eigenvalue weighted by Gasteiger charge is -2.60. The number of Topliss-reactive ketones (excluding diaryl/α,β-unsaturated/α-hetero) is 1.